The predicted molar refractivity (Wildman–Crippen MR) is 130 cm³/mol. The van der Waals surface area contributed by atoms with E-state index in [1.165, 1.54) is 4.90 Å². The van der Waals surface area contributed by atoms with E-state index in [9.17, 15) is 14.4 Å². The van der Waals surface area contributed by atoms with Gasteiger partial charge in [-0.15, -0.1) is 0 Å². The number of amides is 2. The highest BCUT2D eigenvalue weighted by molar-refractivity contribution is 6.06. The second-order valence-corrected chi connectivity index (χ2v) is 8.26. The summed E-state index contributed by atoms with van der Waals surface area (Å²) in [5.41, 5.74) is 17.9. The van der Waals surface area contributed by atoms with Crippen molar-refractivity contribution in [3.8, 4) is 22.4 Å². The predicted octanol–water partition coefficient (Wildman–Crippen LogP) is 3.29. The lowest BCUT2D eigenvalue weighted by atomic mass is 9.94. The van der Waals surface area contributed by atoms with Crippen molar-refractivity contribution in [2.24, 2.45) is 5.73 Å². The van der Waals surface area contributed by atoms with Gasteiger partial charge in [0.15, 0.2) is 0 Å². The Morgan fingerprint density at radius 1 is 1.15 bits per heavy atom. The maximum atomic E-state index is 13.0. The molecule has 5 N–H and O–H groups in total. The number of carbonyl (C=O) groups is 3. The van der Waals surface area contributed by atoms with E-state index in [1.807, 2.05) is 36.4 Å². The van der Waals surface area contributed by atoms with Gasteiger partial charge < -0.3 is 16.4 Å². The highest BCUT2D eigenvalue weighted by Crippen LogP contribution is 2.38. The molecule has 0 atom stereocenters. The molecule has 4 aromatic rings. The average molecular weight is 451 g/mol. The van der Waals surface area contributed by atoms with E-state index < -0.39 is 5.91 Å². The largest absolute Gasteiger partial charge is 0.398 e. The number of primary amides is 1. The number of aromatic amines is 1. The van der Waals surface area contributed by atoms with Crippen molar-refractivity contribution >= 4 is 34.7 Å². The summed E-state index contributed by atoms with van der Waals surface area (Å²) < 4.78 is 0. The second-order valence-electron chi connectivity index (χ2n) is 8.26. The van der Waals surface area contributed by atoms with Crippen LogP contribution in [-0.4, -0.2) is 39.7 Å². The molecule has 168 valence electrons. The van der Waals surface area contributed by atoms with Crippen LogP contribution in [0.1, 0.15) is 26.3 Å². The van der Waals surface area contributed by atoms with Gasteiger partial charge in [0.1, 0.15) is 6.29 Å². The second kappa shape index (κ2) is 8.00. The van der Waals surface area contributed by atoms with Gasteiger partial charge in [0.25, 0.3) is 5.91 Å². The number of H-pyrrole nitrogens is 1. The highest BCUT2D eigenvalue weighted by atomic mass is 16.2. The summed E-state index contributed by atoms with van der Waals surface area (Å²) in [5, 5.41) is 8.38. The first kappa shape index (κ1) is 21.1. The van der Waals surface area contributed by atoms with Crippen LogP contribution in [0.3, 0.4) is 0 Å². The van der Waals surface area contributed by atoms with Gasteiger partial charge in [-0.05, 0) is 41.0 Å². The van der Waals surface area contributed by atoms with E-state index in [4.69, 9.17) is 11.5 Å². The van der Waals surface area contributed by atoms with Crippen LogP contribution in [0.4, 0.5) is 5.69 Å². The number of nitrogen functional groups attached to an aromatic ring is 1. The molecule has 5 rings (SSSR count). The summed E-state index contributed by atoms with van der Waals surface area (Å²) in [6.45, 7) is 4.00. The molecule has 0 radical (unpaired) electrons. The number of hydrogen-bond acceptors (Lipinski definition) is 5. The monoisotopic (exact) mass is 451 g/mol. The third kappa shape index (κ3) is 3.41. The summed E-state index contributed by atoms with van der Waals surface area (Å²) in [5.74, 6) is -0.902. The lowest BCUT2D eigenvalue weighted by Gasteiger charge is -2.15. The molecular formula is C26H21N5O3. The number of nitrogens with two attached hydrogens (primary N) is 2. The summed E-state index contributed by atoms with van der Waals surface area (Å²) in [7, 11) is 0. The first-order chi connectivity index (χ1) is 16.4. The minimum atomic E-state index is -0.645. The van der Waals surface area contributed by atoms with E-state index in [2.05, 4.69) is 16.8 Å². The van der Waals surface area contributed by atoms with Crippen molar-refractivity contribution in [1.82, 2.24) is 15.1 Å². The summed E-state index contributed by atoms with van der Waals surface area (Å²) in [4.78, 5) is 37.2. The fraction of sp³-hybridized carbons (Fsp3) is 0.0769. The molecule has 0 saturated heterocycles. The number of aldehydes is 1. The van der Waals surface area contributed by atoms with Crippen molar-refractivity contribution < 1.29 is 14.4 Å². The number of benzene rings is 3. The number of fused-ring (bicyclic) bond motifs is 2. The maximum absolute atomic E-state index is 13.0. The van der Waals surface area contributed by atoms with Crippen LogP contribution in [-0.2, 0) is 11.3 Å². The molecule has 1 aliphatic heterocycles. The van der Waals surface area contributed by atoms with Crippen LogP contribution >= 0.6 is 0 Å². The minimum absolute atomic E-state index is 0.0414. The van der Waals surface area contributed by atoms with E-state index >= 15 is 0 Å². The van der Waals surface area contributed by atoms with E-state index in [1.54, 1.807) is 18.2 Å². The van der Waals surface area contributed by atoms with Crippen molar-refractivity contribution in [1.29, 1.82) is 0 Å². The van der Waals surface area contributed by atoms with Crippen LogP contribution in [0.5, 0.6) is 0 Å². The van der Waals surface area contributed by atoms with Crippen LogP contribution < -0.4 is 11.5 Å². The standard InChI is InChI=1S/C26H21N5O3/c1-14(25(28)33)11-31-12-20-18(6-7-21(27)23(20)26(31)34)16-5-8-22-19(10-16)24(30-29-22)17-4-2-3-15(9-17)13-32/h2-10,13H,1,11-12,27H2,(H2,28,33)(H,29,30). The van der Waals surface area contributed by atoms with Crippen molar-refractivity contribution in [2.75, 3.05) is 12.3 Å². The van der Waals surface area contributed by atoms with Crippen LogP contribution in [0.2, 0.25) is 0 Å². The molecule has 3 aromatic carbocycles. The number of hydrogen-bond donors (Lipinski definition) is 3. The number of aromatic nitrogens is 2. The molecule has 2 amide bonds. The third-order valence-electron chi connectivity index (χ3n) is 6.10. The fourth-order valence-corrected chi connectivity index (χ4v) is 4.37. The molecule has 0 unspecified atom stereocenters. The zero-order chi connectivity index (χ0) is 24.0. The molecule has 0 saturated carbocycles. The number of anilines is 1. The van der Waals surface area contributed by atoms with Gasteiger partial charge in [0, 0.05) is 34.3 Å². The zero-order valence-corrected chi connectivity index (χ0v) is 18.2. The Kier molecular flexibility index (Phi) is 4.98. The zero-order valence-electron chi connectivity index (χ0n) is 18.2. The molecule has 0 fully saturated rings. The summed E-state index contributed by atoms with van der Waals surface area (Å²) in [6.07, 6.45) is 0.803. The average Bonchev–Trinajstić information content (AvgIpc) is 3.40. The van der Waals surface area contributed by atoms with Crippen LogP contribution in [0.25, 0.3) is 33.3 Å². The maximum Gasteiger partial charge on any atom is 0.256 e. The Bertz CT molecular complexity index is 1520. The normalized spacial score (nSPS) is 12.7. The van der Waals surface area contributed by atoms with E-state index in [0.29, 0.717) is 23.4 Å². The quantitative estimate of drug-likeness (QED) is 0.235. The van der Waals surface area contributed by atoms with Gasteiger partial charge in [-0.25, -0.2) is 0 Å². The Balaban J connectivity index is 1.60. The lowest BCUT2D eigenvalue weighted by Crippen LogP contribution is -2.30. The topological polar surface area (TPSA) is 135 Å². The molecule has 8 heteroatoms. The van der Waals surface area contributed by atoms with Gasteiger partial charge >= 0.3 is 0 Å². The fourth-order valence-electron chi connectivity index (χ4n) is 4.37. The smallest absolute Gasteiger partial charge is 0.256 e. The van der Waals surface area contributed by atoms with Gasteiger partial charge in [0.05, 0.1) is 23.3 Å². The molecule has 0 bridgehead atoms. The first-order valence-electron chi connectivity index (χ1n) is 10.6. The Morgan fingerprint density at radius 3 is 2.74 bits per heavy atom. The minimum Gasteiger partial charge on any atom is -0.398 e. The molecular weight excluding hydrogens is 430 g/mol. The first-order valence-corrected chi connectivity index (χ1v) is 10.6. The van der Waals surface area contributed by atoms with Crippen LogP contribution in [0.15, 0.2) is 66.7 Å². The van der Waals surface area contributed by atoms with Gasteiger partial charge in [0.2, 0.25) is 5.91 Å². The molecule has 1 aliphatic rings. The van der Waals surface area contributed by atoms with Crippen LogP contribution in [0, 0.1) is 0 Å². The molecule has 8 nitrogen and oxygen atoms in total. The van der Waals surface area contributed by atoms with Crippen molar-refractivity contribution in [3.05, 3.63) is 83.4 Å². The van der Waals surface area contributed by atoms with Crippen molar-refractivity contribution in [2.45, 2.75) is 6.54 Å². The molecule has 2 heterocycles. The van der Waals surface area contributed by atoms with Crippen molar-refractivity contribution in [3.63, 3.8) is 0 Å². The lowest BCUT2D eigenvalue weighted by molar-refractivity contribution is -0.114. The molecule has 0 aliphatic carbocycles. The number of nitrogens with one attached hydrogen (secondary N) is 1. The van der Waals surface area contributed by atoms with Gasteiger partial charge in [-0.2, -0.15) is 5.10 Å². The van der Waals surface area contributed by atoms with Gasteiger partial charge in [-0.3, -0.25) is 19.5 Å². The van der Waals surface area contributed by atoms with E-state index in [-0.39, 0.29) is 18.0 Å². The number of carbonyl (C=O) groups excluding carboxylic acids is 3. The molecule has 0 spiro atoms. The summed E-state index contributed by atoms with van der Waals surface area (Å²) in [6, 6.07) is 16.7. The highest BCUT2D eigenvalue weighted by Gasteiger charge is 2.32. The Labute approximate surface area is 194 Å². The van der Waals surface area contributed by atoms with Gasteiger partial charge in [-0.1, -0.05) is 36.9 Å². The SMILES string of the molecule is C=C(CN1Cc2c(-c3ccc4[nH]nc(-c5cccc(C=O)c5)c4c3)ccc(N)c2C1=O)C(N)=O. The summed E-state index contributed by atoms with van der Waals surface area (Å²) >= 11 is 0. The number of rotatable bonds is 6. The number of nitrogens with zero attached hydrogens (tertiary/aromatic N) is 2. The molecule has 1 aromatic heterocycles. The third-order valence-corrected chi connectivity index (χ3v) is 6.10. The molecule has 34 heavy (non-hydrogen) atoms. The Morgan fingerprint density at radius 2 is 1.97 bits per heavy atom. The Hall–Kier alpha value is -4.72. The van der Waals surface area contributed by atoms with E-state index in [0.717, 1.165) is 45.1 Å².